The molecule has 0 fully saturated rings. The van der Waals surface area contributed by atoms with Gasteiger partial charge in [0.1, 0.15) is 4.99 Å². The molecule has 1 N–H and O–H groups in total. The van der Waals surface area contributed by atoms with Gasteiger partial charge in [0, 0.05) is 6.04 Å². The molecule has 0 saturated carbocycles. The second-order valence-electron chi connectivity index (χ2n) is 1.89. The van der Waals surface area contributed by atoms with Crippen LogP contribution in [0.4, 0.5) is 0 Å². The number of hydrogen-bond acceptors (Lipinski definition) is 1. The topological polar surface area (TPSA) is 12.0 Å². The summed E-state index contributed by atoms with van der Waals surface area (Å²) in [5.41, 5.74) is 1.04. The van der Waals surface area contributed by atoms with E-state index in [1.165, 1.54) is 0 Å². The van der Waals surface area contributed by atoms with Gasteiger partial charge in [-0.1, -0.05) is 31.6 Å². The van der Waals surface area contributed by atoms with Crippen molar-refractivity contribution in [3.05, 3.63) is 11.6 Å². The molecular weight excluding hydrogens is 142 g/mol. The van der Waals surface area contributed by atoms with E-state index in [-0.39, 0.29) is 0 Å². The zero-order valence-corrected chi connectivity index (χ0v) is 7.09. The number of terminal acetylenes is 1. The summed E-state index contributed by atoms with van der Waals surface area (Å²) < 4.78 is 0. The molecule has 0 spiro atoms. The lowest BCUT2D eigenvalue weighted by Crippen LogP contribution is -2.15. The zero-order chi connectivity index (χ0) is 7.98. The van der Waals surface area contributed by atoms with Gasteiger partial charge in [0.05, 0.1) is 0 Å². The van der Waals surface area contributed by atoms with Gasteiger partial charge in [-0.3, -0.25) is 0 Å². The van der Waals surface area contributed by atoms with Crippen molar-refractivity contribution in [2.75, 3.05) is 0 Å². The third-order valence-electron chi connectivity index (χ3n) is 1.05. The van der Waals surface area contributed by atoms with Crippen LogP contribution in [0.2, 0.25) is 0 Å². The monoisotopic (exact) mass is 153 g/mol. The molecule has 0 bridgehead atoms. The van der Waals surface area contributed by atoms with Crippen LogP contribution in [0.25, 0.3) is 0 Å². The second-order valence-corrected chi connectivity index (χ2v) is 2.30. The summed E-state index contributed by atoms with van der Waals surface area (Å²) in [7, 11) is 0. The van der Waals surface area contributed by atoms with Crippen molar-refractivity contribution in [1.82, 2.24) is 5.32 Å². The molecule has 0 atom stereocenters. The van der Waals surface area contributed by atoms with Crippen molar-refractivity contribution in [1.29, 1.82) is 0 Å². The Balaban J connectivity index is 3.97. The minimum Gasteiger partial charge on any atom is -0.306 e. The first-order valence-electron chi connectivity index (χ1n) is 3.15. The number of allylic oxidation sites excluding steroid dienone is 1. The molecule has 0 saturated heterocycles. The molecule has 0 aromatic rings. The Kier molecular flexibility index (Phi) is 4.61. The Morgan fingerprint density at radius 3 is 2.80 bits per heavy atom. The van der Waals surface area contributed by atoms with Gasteiger partial charge in [-0.2, -0.15) is 0 Å². The van der Waals surface area contributed by atoms with Crippen molar-refractivity contribution in [2.45, 2.75) is 20.3 Å². The third kappa shape index (κ3) is 3.26. The van der Waals surface area contributed by atoms with E-state index >= 15 is 0 Å². The van der Waals surface area contributed by atoms with Gasteiger partial charge < -0.3 is 5.32 Å². The molecule has 0 aliphatic rings. The van der Waals surface area contributed by atoms with Gasteiger partial charge in [-0.05, 0) is 18.9 Å². The second kappa shape index (κ2) is 5.01. The average Bonchev–Trinajstić information content (AvgIpc) is 1.89. The molecule has 10 heavy (non-hydrogen) atoms. The largest absolute Gasteiger partial charge is 0.306 e. The van der Waals surface area contributed by atoms with Crippen molar-refractivity contribution >= 4 is 17.2 Å². The Morgan fingerprint density at radius 1 is 1.80 bits per heavy atom. The molecule has 0 aromatic carbocycles. The van der Waals surface area contributed by atoms with Crippen LogP contribution in [0.5, 0.6) is 0 Å². The van der Waals surface area contributed by atoms with Crippen LogP contribution in [0, 0.1) is 12.5 Å². The predicted octanol–water partition coefficient (Wildman–Crippen LogP) is 1.85. The van der Waals surface area contributed by atoms with Crippen LogP contribution in [0.15, 0.2) is 11.6 Å². The van der Waals surface area contributed by atoms with Crippen LogP contribution < -0.4 is 5.32 Å². The predicted molar refractivity (Wildman–Crippen MR) is 48.6 cm³/mol. The van der Waals surface area contributed by atoms with Gasteiger partial charge in [0.2, 0.25) is 0 Å². The van der Waals surface area contributed by atoms with Crippen LogP contribution in [-0.4, -0.2) is 4.99 Å². The van der Waals surface area contributed by atoms with E-state index in [1.54, 1.807) is 0 Å². The number of hydrogen-bond donors (Lipinski definition) is 1. The van der Waals surface area contributed by atoms with Crippen molar-refractivity contribution in [2.24, 2.45) is 0 Å². The molecule has 0 amide bonds. The van der Waals surface area contributed by atoms with Crippen LogP contribution in [-0.2, 0) is 0 Å². The molecule has 2 heteroatoms. The fourth-order valence-corrected chi connectivity index (χ4v) is 0.705. The van der Waals surface area contributed by atoms with E-state index in [0.717, 1.165) is 12.0 Å². The highest BCUT2D eigenvalue weighted by atomic mass is 32.1. The highest BCUT2D eigenvalue weighted by Gasteiger charge is 1.93. The van der Waals surface area contributed by atoms with Crippen LogP contribution >= 0.6 is 12.2 Å². The zero-order valence-electron chi connectivity index (χ0n) is 6.27. The van der Waals surface area contributed by atoms with E-state index in [1.807, 2.05) is 13.0 Å². The summed E-state index contributed by atoms with van der Waals surface area (Å²) in [6, 6.07) is 2.27. The van der Waals surface area contributed by atoms with E-state index in [4.69, 9.17) is 18.6 Å². The Morgan fingerprint density at radius 2 is 2.40 bits per heavy atom. The quantitative estimate of drug-likeness (QED) is 0.281. The van der Waals surface area contributed by atoms with E-state index < -0.39 is 0 Å². The minimum atomic E-state index is 0.643. The summed E-state index contributed by atoms with van der Waals surface area (Å²) >= 11 is 4.92. The average molecular weight is 153 g/mol. The lowest BCUT2D eigenvalue weighted by Gasteiger charge is -1.99. The molecular formula is C8H11NS. The first kappa shape index (κ1) is 9.19. The van der Waals surface area contributed by atoms with Crippen LogP contribution in [0.1, 0.15) is 20.3 Å². The van der Waals surface area contributed by atoms with Gasteiger partial charge in [0.15, 0.2) is 0 Å². The molecule has 0 aliphatic heterocycles. The first-order chi connectivity index (χ1) is 4.72. The van der Waals surface area contributed by atoms with E-state index in [0.29, 0.717) is 4.99 Å². The summed E-state index contributed by atoms with van der Waals surface area (Å²) in [6.45, 7) is 4.00. The Labute approximate surface area is 67.5 Å². The fourth-order valence-electron chi connectivity index (χ4n) is 0.563. The summed E-state index contributed by atoms with van der Waals surface area (Å²) in [5, 5.41) is 2.62. The molecule has 0 radical (unpaired) electrons. The molecule has 0 unspecified atom stereocenters. The SMILES string of the molecule is C#CNC(=S)/C(C)=C\CC. The molecule has 0 aliphatic carbocycles. The summed E-state index contributed by atoms with van der Waals surface area (Å²) in [4.78, 5) is 0.643. The summed E-state index contributed by atoms with van der Waals surface area (Å²) in [6.07, 6.45) is 8.01. The maximum absolute atomic E-state index is 4.99. The van der Waals surface area contributed by atoms with Crippen molar-refractivity contribution in [3.8, 4) is 12.5 Å². The minimum absolute atomic E-state index is 0.643. The van der Waals surface area contributed by atoms with Crippen molar-refractivity contribution in [3.63, 3.8) is 0 Å². The van der Waals surface area contributed by atoms with Gasteiger partial charge in [-0.15, -0.1) is 0 Å². The third-order valence-corrected chi connectivity index (χ3v) is 1.48. The van der Waals surface area contributed by atoms with E-state index in [9.17, 15) is 0 Å². The number of thiocarbonyl (C=S) groups is 1. The van der Waals surface area contributed by atoms with Gasteiger partial charge in [0.25, 0.3) is 0 Å². The smallest absolute Gasteiger partial charge is 0.113 e. The van der Waals surface area contributed by atoms with Crippen molar-refractivity contribution < 1.29 is 0 Å². The number of nitrogens with one attached hydrogen (secondary N) is 1. The molecule has 54 valence electrons. The highest BCUT2D eigenvalue weighted by molar-refractivity contribution is 7.80. The Hall–Kier alpha value is -0.810. The number of rotatable bonds is 2. The molecule has 0 aromatic heterocycles. The van der Waals surface area contributed by atoms with Gasteiger partial charge in [-0.25, -0.2) is 0 Å². The molecule has 1 nitrogen and oxygen atoms in total. The standard InChI is InChI=1S/C8H11NS/c1-4-6-7(3)8(10)9-5-2/h2,6H,4H2,1,3H3,(H,9,10)/b7-6-. The van der Waals surface area contributed by atoms with Crippen LogP contribution in [0.3, 0.4) is 0 Å². The normalized spacial score (nSPS) is 10.3. The maximum Gasteiger partial charge on any atom is 0.113 e. The van der Waals surface area contributed by atoms with Gasteiger partial charge >= 0.3 is 0 Å². The maximum atomic E-state index is 4.99. The fraction of sp³-hybridized carbons (Fsp3) is 0.375. The molecule has 0 rings (SSSR count). The van der Waals surface area contributed by atoms with E-state index in [2.05, 4.69) is 18.3 Å². The first-order valence-corrected chi connectivity index (χ1v) is 3.56. The Bertz CT molecular complexity index is 186. The lowest BCUT2D eigenvalue weighted by atomic mass is 10.2. The molecule has 0 heterocycles. The summed E-state index contributed by atoms with van der Waals surface area (Å²) in [5.74, 6) is 0. The lowest BCUT2D eigenvalue weighted by molar-refractivity contribution is 1.20. The highest BCUT2D eigenvalue weighted by Crippen LogP contribution is 1.95.